The van der Waals surface area contributed by atoms with E-state index in [1.807, 2.05) is 29.2 Å². The maximum absolute atomic E-state index is 13.2. The van der Waals surface area contributed by atoms with Gasteiger partial charge in [0.25, 0.3) is 0 Å². The summed E-state index contributed by atoms with van der Waals surface area (Å²) in [5, 5.41) is 10.4. The van der Waals surface area contributed by atoms with Crippen LogP contribution in [0.4, 0.5) is 0 Å². The Morgan fingerprint density at radius 1 is 1.21 bits per heavy atom. The number of allylic oxidation sites excluding steroid dienone is 1. The Morgan fingerprint density at radius 3 is 2.62 bits per heavy atom. The van der Waals surface area contributed by atoms with Gasteiger partial charge in [0.05, 0.1) is 38.9 Å². The molecule has 1 amide bonds. The Morgan fingerprint density at radius 2 is 1.97 bits per heavy atom. The van der Waals surface area contributed by atoms with Gasteiger partial charge in [0.2, 0.25) is 5.91 Å². The number of carbonyl (C=O) groups is 1. The number of amides is 1. The van der Waals surface area contributed by atoms with E-state index in [0.29, 0.717) is 32.6 Å². The Bertz CT molecular complexity index is 828. The molecule has 29 heavy (non-hydrogen) atoms. The predicted octanol–water partition coefficient (Wildman–Crippen LogP) is 2.32. The molecule has 1 aromatic rings. The smallest absolute Gasteiger partial charge is 0.230 e. The monoisotopic (exact) mass is 399 g/mol. The number of likely N-dealkylation sites (tertiary alicyclic amines) is 1. The van der Waals surface area contributed by atoms with Crippen LogP contribution in [0, 0.1) is 11.8 Å². The number of fused-ring (bicyclic) bond motifs is 1. The van der Waals surface area contributed by atoms with Crippen molar-refractivity contribution in [2.45, 2.75) is 31.9 Å². The minimum absolute atomic E-state index is 0.0752. The van der Waals surface area contributed by atoms with Gasteiger partial charge in [-0.05, 0) is 42.2 Å². The van der Waals surface area contributed by atoms with E-state index in [-0.39, 0.29) is 23.8 Å². The van der Waals surface area contributed by atoms with Crippen LogP contribution in [0.1, 0.15) is 18.9 Å². The third-order valence-corrected chi connectivity index (χ3v) is 6.43. The first-order valence-corrected chi connectivity index (χ1v) is 10.2. The zero-order chi connectivity index (χ0) is 20.5. The fourth-order valence-corrected chi connectivity index (χ4v) is 4.79. The van der Waals surface area contributed by atoms with Crippen LogP contribution in [0.5, 0.6) is 5.75 Å². The number of hydrogen-bond donors (Lipinski definition) is 1. The maximum atomic E-state index is 13.2. The molecular weight excluding hydrogens is 370 g/mol. The molecule has 4 rings (SSSR count). The van der Waals surface area contributed by atoms with Crippen molar-refractivity contribution in [3.8, 4) is 5.75 Å². The Kier molecular flexibility index (Phi) is 5.65. The number of nitrogens with zero attached hydrogens (tertiary/aromatic N) is 1. The van der Waals surface area contributed by atoms with Crippen LogP contribution in [0.25, 0.3) is 0 Å². The largest absolute Gasteiger partial charge is 0.497 e. The highest BCUT2D eigenvalue weighted by Gasteiger charge is 2.47. The quantitative estimate of drug-likeness (QED) is 0.823. The summed E-state index contributed by atoms with van der Waals surface area (Å²) < 4.78 is 16.5. The lowest BCUT2D eigenvalue weighted by Crippen LogP contribution is -2.50. The van der Waals surface area contributed by atoms with Gasteiger partial charge in [-0.15, -0.1) is 0 Å². The second kappa shape index (κ2) is 8.20. The molecule has 6 nitrogen and oxygen atoms in total. The minimum atomic E-state index is -0.526. The summed E-state index contributed by atoms with van der Waals surface area (Å²) in [6.07, 6.45) is 2.80. The summed E-state index contributed by atoms with van der Waals surface area (Å²) >= 11 is 0. The molecule has 156 valence electrons. The Balaban J connectivity index is 1.60. The van der Waals surface area contributed by atoms with E-state index in [0.717, 1.165) is 28.2 Å². The zero-order valence-electron chi connectivity index (χ0n) is 17.3. The first-order chi connectivity index (χ1) is 14.0. The lowest BCUT2D eigenvalue weighted by molar-refractivity contribution is -0.139. The predicted molar refractivity (Wildman–Crippen MR) is 108 cm³/mol. The van der Waals surface area contributed by atoms with Crippen molar-refractivity contribution in [3.05, 3.63) is 52.8 Å². The van der Waals surface area contributed by atoms with E-state index in [1.54, 1.807) is 14.2 Å². The van der Waals surface area contributed by atoms with E-state index >= 15 is 0 Å². The van der Waals surface area contributed by atoms with Crippen LogP contribution in [0.15, 0.2) is 47.2 Å². The molecule has 2 aliphatic heterocycles. The van der Waals surface area contributed by atoms with Crippen LogP contribution in [0.2, 0.25) is 0 Å². The average molecular weight is 399 g/mol. The zero-order valence-corrected chi connectivity index (χ0v) is 17.3. The third-order valence-electron chi connectivity index (χ3n) is 6.43. The normalized spacial score (nSPS) is 29.6. The van der Waals surface area contributed by atoms with Crippen LogP contribution in [-0.4, -0.2) is 62.0 Å². The number of benzene rings is 1. The number of aliphatic hydroxyl groups excluding tert-OH is 1. The number of hydrogen-bond acceptors (Lipinski definition) is 5. The molecule has 4 atom stereocenters. The number of carbonyl (C=O) groups excluding carboxylic acids is 1. The van der Waals surface area contributed by atoms with Crippen LogP contribution >= 0.6 is 0 Å². The molecule has 2 unspecified atom stereocenters. The van der Waals surface area contributed by atoms with Crippen LogP contribution in [-0.2, 0) is 20.7 Å². The van der Waals surface area contributed by atoms with Gasteiger partial charge in [0.1, 0.15) is 11.5 Å². The number of ether oxygens (including phenoxy) is 3. The van der Waals surface area contributed by atoms with Crippen molar-refractivity contribution >= 4 is 5.91 Å². The molecule has 1 aromatic carbocycles. The minimum Gasteiger partial charge on any atom is -0.497 e. The van der Waals surface area contributed by atoms with Crippen molar-refractivity contribution in [2.75, 3.05) is 34.0 Å². The summed E-state index contributed by atoms with van der Waals surface area (Å²) in [5.41, 5.74) is 3.27. The molecule has 2 fully saturated rings. The molecule has 0 radical (unpaired) electrons. The van der Waals surface area contributed by atoms with Gasteiger partial charge in [0, 0.05) is 25.5 Å². The molecule has 2 heterocycles. The molecule has 0 bridgehead atoms. The van der Waals surface area contributed by atoms with E-state index < -0.39 is 6.10 Å². The molecule has 0 spiro atoms. The highest BCUT2D eigenvalue weighted by molar-refractivity contribution is 5.85. The lowest BCUT2D eigenvalue weighted by Gasteiger charge is -2.35. The van der Waals surface area contributed by atoms with Crippen molar-refractivity contribution in [1.29, 1.82) is 0 Å². The maximum Gasteiger partial charge on any atom is 0.230 e. The van der Waals surface area contributed by atoms with E-state index in [1.165, 1.54) is 0 Å². The molecule has 1 N–H and O–H groups in total. The molecule has 6 heteroatoms. The first kappa shape index (κ1) is 20.0. The molecule has 0 saturated carbocycles. The van der Waals surface area contributed by atoms with Crippen LogP contribution in [0.3, 0.4) is 0 Å². The van der Waals surface area contributed by atoms with Gasteiger partial charge in [-0.2, -0.15) is 0 Å². The van der Waals surface area contributed by atoms with Crippen molar-refractivity contribution < 1.29 is 24.1 Å². The van der Waals surface area contributed by atoms with Gasteiger partial charge < -0.3 is 24.2 Å². The number of rotatable bonds is 5. The summed E-state index contributed by atoms with van der Waals surface area (Å²) in [6.45, 7) is 3.60. The molecule has 2 saturated heterocycles. The SMILES string of the molecule is COC1=C(C)C2CN([C@H]3COCC[C@@H]3O)C(=O)C2C=C1Cc1ccc(OC)cc1. The van der Waals surface area contributed by atoms with E-state index in [9.17, 15) is 9.90 Å². The lowest BCUT2D eigenvalue weighted by atomic mass is 9.80. The number of methoxy groups -OCH3 is 2. The van der Waals surface area contributed by atoms with E-state index in [4.69, 9.17) is 14.2 Å². The van der Waals surface area contributed by atoms with Gasteiger partial charge in [0.15, 0.2) is 0 Å². The van der Waals surface area contributed by atoms with Gasteiger partial charge >= 0.3 is 0 Å². The summed E-state index contributed by atoms with van der Waals surface area (Å²) in [7, 11) is 3.34. The van der Waals surface area contributed by atoms with Gasteiger partial charge in [-0.3, -0.25) is 4.79 Å². The van der Waals surface area contributed by atoms with Crippen molar-refractivity contribution in [2.24, 2.45) is 11.8 Å². The van der Waals surface area contributed by atoms with Gasteiger partial charge in [-0.25, -0.2) is 0 Å². The van der Waals surface area contributed by atoms with E-state index in [2.05, 4.69) is 13.0 Å². The molecule has 3 aliphatic rings. The highest BCUT2D eigenvalue weighted by Crippen LogP contribution is 2.42. The van der Waals surface area contributed by atoms with Crippen molar-refractivity contribution in [1.82, 2.24) is 4.90 Å². The molecule has 1 aliphatic carbocycles. The standard InChI is InChI=1S/C23H29NO5/c1-14-19-12-24(20-13-29-9-8-21(20)25)23(26)18(19)11-16(22(14)28-3)10-15-4-6-17(27-2)7-5-15/h4-7,11,18-21,25H,8-10,12-13H2,1-3H3/t18?,19?,20-,21-/m0/s1. The Hall–Kier alpha value is -2.31. The second-order valence-electron chi connectivity index (χ2n) is 8.05. The fourth-order valence-electron chi connectivity index (χ4n) is 4.79. The van der Waals surface area contributed by atoms with Crippen molar-refractivity contribution in [3.63, 3.8) is 0 Å². The highest BCUT2D eigenvalue weighted by atomic mass is 16.5. The fraction of sp³-hybridized carbons (Fsp3) is 0.522. The first-order valence-electron chi connectivity index (χ1n) is 10.2. The number of aliphatic hydroxyl groups is 1. The summed E-state index contributed by atoms with van der Waals surface area (Å²) in [5.74, 6) is 1.63. The average Bonchev–Trinajstić information content (AvgIpc) is 3.06. The summed E-state index contributed by atoms with van der Waals surface area (Å²) in [4.78, 5) is 15.1. The molecular formula is C23H29NO5. The Labute approximate surface area is 171 Å². The topological polar surface area (TPSA) is 68.2 Å². The van der Waals surface area contributed by atoms with Crippen LogP contribution < -0.4 is 4.74 Å². The van der Waals surface area contributed by atoms with Gasteiger partial charge in [-0.1, -0.05) is 18.2 Å². The summed E-state index contributed by atoms with van der Waals surface area (Å²) in [6, 6.07) is 7.69. The third kappa shape index (κ3) is 3.67. The molecule has 0 aromatic heterocycles. The second-order valence-corrected chi connectivity index (χ2v) is 8.05.